The van der Waals surface area contributed by atoms with E-state index in [0.29, 0.717) is 47.5 Å². The summed E-state index contributed by atoms with van der Waals surface area (Å²) >= 11 is 0. The number of ether oxygens (including phenoxy) is 5. The van der Waals surface area contributed by atoms with Crippen LogP contribution in [0.2, 0.25) is 0 Å². The second-order valence-corrected chi connectivity index (χ2v) is 7.99. The van der Waals surface area contributed by atoms with E-state index in [1.54, 1.807) is 28.4 Å². The van der Waals surface area contributed by atoms with Crippen molar-refractivity contribution in [3.63, 3.8) is 0 Å². The molecule has 10 nitrogen and oxygen atoms in total. The van der Waals surface area contributed by atoms with Gasteiger partial charge in [-0.15, -0.1) is 0 Å². The highest BCUT2D eigenvalue weighted by atomic mass is 16.5. The van der Waals surface area contributed by atoms with Crippen molar-refractivity contribution in [2.24, 2.45) is 0 Å². The van der Waals surface area contributed by atoms with Gasteiger partial charge in [-0.25, -0.2) is 9.67 Å². The summed E-state index contributed by atoms with van der Waals surface area (Å²) in [4.78, 5) is 6.93. The van der Waals surface area contributed by atoms with Gasteiger partial charge in [0.05, 0.1) is 41.6 Å². The van der Waals surface area contributed by atoms with Crippen LogP contribution in [-0.2, 0) is 13.0 Å². The van der Waals surface area contributed by atoms with Crippen LogP contribution in [0.5, 0.6) is 28.7 Å². The molecule has 35 heavy (non-hydrogen) atoms. The van der Waals surface area contributed by atoms with Crippen LogP contribution in [0.1, 0.15) is 11.4 Å². The predicted molar refractivity (Wildman–Crippen MR) is 132 cm³/mol. The summed E-state index contributed by atoms with van der Waals surface area (Å²) in [6.45, 7) is 1.27. The first kappa shape index (κ1) is 26.1. The second-order valence-electron chi connectivity index (χ2n) is 7.99. The monoisotopic (exact) mass is 486 g/mol. The molecule has 0 atom stereocenters. The van der Waals surface area contributed by atoms with E-state index in [-0.39, 0.29) is 13.2 Å². The number of nitrogens with zero attached hydrogens (tertiary/aromatic N) is 4. The molecule has 3 aromatic rings. The number of methoxy groups -OCH3 is 4. The van der Waals surface area contributed by atoms with Gasteiger partial charge in [-0.3, -0.25) is 0 Å². The lowest BCUT2D eigenvalue weighted by Gasteiger charge is -2.16. The Labute approximate surface area is 206 Å². The SMILES string of the molecule is COc1ccc(-c2nc(CCN(C)C)nn2Cc2ccc(OC)c(OC)c2OC)cc1OCCO. The van der Waals surface area contributed by atoms with E-state index >= 15 is 0 Å². The maximum Gasteiger partial charge on any atom is 0.203 e. The zero-order chi connectivity index (χ0) is 25.4. The van der Waals surface area contributed by atoms with Crippen LogP contribution >= 0.6 is 0 Å². The molecule has 0 amide bonds. The number of likely N-dealkylation sites (N-methyl/N-ethyl adjacent to an activating group) is 1. The molecular weight excluding hydrogens is 452 g/mol. The van der Waals surface area contributed by atoms with Gasteiger partial charge in [0, 0.05) is 24.1 Å². The predicted octanol–water partition coefficient (Wildman–Crippen LogP) is 2.50. The van der Waals surface area contributed by atoms with Crippen LogP contribution < -0.4 is 23.7 Å². The van der Waals surface area contributed by atoms with Crippen LogP contribution in [0, 0.1) is 0 Å². The van der Waals surface area contributed by atoms with Gasteiger partial charge in [-0.2, -0.15) is 5.10 Å². The molecule has 0 saturated heterocycles. The summed E-state index contributed by atoms with van der Waals surface area (Å²) in [5, 5.41) is 14.0. The van der Waals surface area contributed by atoms with Gasteiger partial charge >= 0.3 is 0 Å². The second kappa shape index (κ2) is 12.3. The third-order valence-electron chi connectivity index (χ3n) is 5.37. The zero-order valence-electron chi connectivity index (χ0n) is 21.2. The number of rotatable bonds is 13. The molecular formula is C25H34N4O6. The molecule has 0 spiro atoms. The summed E-state index contributed by atoms with van der Waals surface area (Å²) < 4.78 is 29.6. The van der Waals surface area contributed by atoms with E-state index in [2.05, 4.69) is 4.90 Å². The van der Waals surface area contributed by atoms with Crippen LogP contribution in [0.3, 0.4) is 0 Å². The quantitative estimate of drug-likeness (QED) is 0.391. The Hall–Kier alpha value is -3.50. The maximum absolute atomic E-state index is 9.20. The molecule has 10 heteroatoms. The Bertz CT molecular complexity index is 1120. The molecule has 1 aromatic heterocycles. The summed E-state index contributed by atoms with van der Waals surface area (Å²) in [6.07, 6.45) is 0.695. The largest absolute Gasteiger partial charge is 0.493 e. The van der Waals surface area contributed by atoms with Crippen molar-refractivity contribution in [3.05, 3.63) is 41.7 Å². The molecule has 0 aliphatic carbocycles. The standard InChI is InChI=1S/C25H34N4O6/c1-28(2)12-11-22-26-25(17-7-9-19(31-3)21(15-17)35-14-13-30)29(27-22)16-18-8-10-20(32-4)24(34-6)23(18)33-5/h7-10,15,30H,11-14,16H2,1-6H3. The Morgan fingerprint density at radius 2 is 1.60 bits per heavy atom. The van der Waals surface area contributed by atoms with Gasteiger partial charge in [0.2, 0.25) is 5.75 Å². The molecule has 0 aliphatic heterocycles. The Kier molecular flexibility index (Phi) is 9.16. The first-order valence-corrected chi connectivity index (χ1v) is 11.2. The molecule has 0 radical (unpaired) electrons. The van der Waals surface area contributed by atoms with Crippen molar-refractivity contribution < 1.29 is 28.8 Å². The molecule has 0 fully saturated rings. The summed E-state index contributed by atoms with van der Waals surface area (Å²) in [5.41, 5.74) is 1.67. The molecule has 0 bridgehead atoms. The Morgan fingerprint density at radius 1 is 0.886 bits per heavy atom. The number of aliphatic hydroxyl groups excluding tert-OH is 1. The highest BCUT2D eigenvalue weighted by Gasteiger charge is 2.20. The number of aliphatic hydroxyl groups is 1. The van der Waals surface area contributed by atoms with Gasteiger partial charge in [-0.05, 0) is 44.4 Å². The zero-order valence-corrected chi connectivity index (χ0v) is 21.2. The fraction of sp³-hybridized carbons (Fsp3) is 0.440. The van der Waals surface area contributed by atoms with E-state index < -0.39 is 0 Å². The number of hydrogen-bond acceptors (Lipinski definition) is 9. The van der Waals surface area contributed by atoms with Crippen molar-refractivity contribution in [2.75, 3.05) is 62.3 Å². The summed E-state index contributed by atoms with van der Waals surface area (Å²) in [7, 11) is 10.4. The van der Waals surface area contributed by atoms with Gasteiger partial charge in [-0.1, -0.05) is 0 Å². The van der Waals surface area contributed by atoms with E-state index in [9.17, 15) is 5.11 Å². The highest BCUT2D eigenvalue weighted by Crippen LogP contribution is 2.40. The van der Waals surface area contributed by atoms with Gasteiger partial charge in [0.15, 0.2) is 34.6 Å². The first-order valence-electron chi connectivity index (χ1n) is 11.2. The van der Waals surface area contributed by atoms with Crippen molar-refractivity contribution in [2.45, 2.75) is 13.0 Å². The lowest BCUT2D eigenvalue weighted by Crippen LogP contribution is -2.15. The average Bonchev–Trinajstić information content (AvgIpc) is 3.28. The molecule has 1 heterocycles. The fourth-order valence-corrected chi connectivity index (χ4v) is 3.68. The first-order chi connectivity index (χ1) is 16.9. The van der Waals surface area contributed by atoms with Crippen molar-refractivity contribution >= 4 is 0 Å². The molecule has 190 valence electrons. The topological polar surface area (TPSA) is 100 Å². The number of benzene rings is 2. The van der Waals surface area contributed by atoms with Gasteiger partial charge in [0.1, 0.15) is 6.61 Å². The van der Waals surface area contributed by atoms with Crippen molar-refractivity contribution in [1.29, 1.82) is 0 Å². The minimum atomic E-state index is -0.0999. The highest BCUT2D eigenvalue weighted by molar-refractivity contribution is 5.62. The van der Waals surface area contributed by atoms with Crippen LogP contribution in [0.15, 0.2) is 30.3 Å². The smallest absolute Gasteiger partial charge is 0.203 e. The van der Waals surface area contributed by atoms with E-state index in [4.69, 9.17) is 33.8 Å². The Balaban J connectivity index is 2.07. The number of hydrogen-bond donors (Lipinski definition) is 1. The van der Waals surface area contributed by atoms with Gasteiger partial charge < -0.3 is 33.7 Å². The minimum absolute atomic E-state index is 0.0999. The third-order valence-corrected chi connectivity index (χ3v) is 5.37. The van der Waals surface area contributed by atoms with Crippen LogP contribution in [0.25, 0.3) is 11.4 Å². The molecule has 2 aromatic carbocycles. The third kappa shape index (κ3) is 6.14. The lowest BCUT2D eigenvalue weighted by atomic mass is 10.1. The lowest BCUT2D eigenvalue weighted by molar-refractivity contribution is 0.196. The van der Waals surface area contributed by atoms with E-state index in [1.165, 1.54) is 0 Å². The minimum Gasteiger partial charge on any atom is -0.493 e. The molecule has 0 aliphatic rings. The summed E-state index contributed by atoms with van der Waals surface area (Å²) in [6, 6.07) is 9.34. The van der Waals surface area contributed by atoms with Crippen molar-refractivity contribution in [3.8, 4) is 40.1 Å². The summed E-state index contributed by atoms with van der Waals surface area (Å²) in [5.74, 6) is 4.17. The van der Waals surface area contributed by atoms with E-state index in [1.807, 2.05) is 49.1 Å². The molecule has 1 N–H and O–H groups in total. The Morgan fingerprint density at radius 3 is 2.23 bits per heavy atom. The fourth-order valence-electron chi connectivity index (χ4n) is 3.68. The van der Waals surface area contributed by atoms with E-state index in [0.717, 1.165) is 23.5 Å². The average molecular weight is 487 g/mol. The van der Waals surface area contributed by atoms with Crippen molar-refractivity contribution in [1.82, 2.24) is 19.7 Å². The van der Waals surface area contributed by atoms with Gasteiger partial charge in [0.25, 0.3) is 0 Å². The molecule has 0 saturated carbocycles. The molecule has 0 unspecified atom stereocenters. The van der Waals surface area contributed by atoms with Crippen LogP contribution in [-0.4, -0.2) is 87.1 Å². The number of aromatic nitrogens is 3. The van der Waals surface area contributed by atoms with Crippen LogP contribution in [0.4, 0.5) is 0 Å². The normalized spacial score (nSPS) is 11.0. The molecule has 3 rings (SSSR count). The maximum atomic E-state index is 9.20.